The maximum absolute atomic E-state index is 11.9. The summed E-state index contributed by atoms with van der Waals surface area (Å²) >= 11 is 0. The molecule has 0 aliphatic heterocycles. The molecule has 0 atom stereocenters. The van der Waals surface area contributed by atoms with Crippen molar-refractivity contribution in [1.29, 1.82) is 0 Å². The Hall–Kier alpha value is -3.35. The Balaban J connectivity index is 1.85. The third-order valence-electron chi connectivity index (χ3n) is 3.34. The minimum Gasteiger partial charge on any atom is -0.497 e. The van der Waals surface area contributed by atoms with E-state index in [4.69, 9.17) is 15.2 Å². The van der Waals surface area contributed by atoms with Gasteiger partial charge in [0.2, 0.25) is 0 Å². The molecule has 0 fully saturated rings. The highest BCUT2D eigenvalue weighted by atomic mass is 16.5. The number of carbonyl (C=O) groups excluding carboxylic acids is 3. The summed E-state index contributed by atoms with van der Waals surface area (Å²) < 4.78 is 9.97. The molecule has 2 amide bonds. The minimum absolute atomic E-state index is 0.0369. The van der Waals surface area contributed by atoms with Gasteiger partial charge in [0.1, 0.15) is 5.75 Å². The lowest BCUT2D eigenvalue weighted by molar-refractivity contribution is -0.146. The molecule has 2 rings (SSSR count). The number of anilines is 1. The van der Waals surface area contributed by atoms with Gasteiger partial charge in [0.15, 0.2) is 6.61 Å². The molecule has 25 heavy (non-hydrogen) atoms. The maximum Gasteiger partial charge on any atom is 0.310 e. The molecule has 0 heterocycles. The standard InChI is InChI=1S/C18H18N2O5/c1-24-13-8-6-12(7-9-13)10-17(22)25-11-16(21)20-15-5-3-2-4-14(15)18(19)23/h2-9H,10-11H2,1H3,(H2,19,23)(H,20,21). The van der Waals surface area contributed by atoms with Gasteiger partial charge >= 0.3 is 5.97 Å². The molecule has 0 spiro atoms. The van der Waals surface area contributed by atoms with E-state index in [1.54, 1.807) is 43.5 Å². The van der Waals surface area contributed by atoms with Crippen LogP contribution in [0.15, 0.2) is 48.5 Å². The average Bonchev–Trinajstić information content (AvgIpc) is 2.61. The molecule has 130 valence electrons. The Bertz CT molecular complexity index is 771. The number of hydrogen-bond acceptors (Lipinski definition) is 5. The number of methoxy groups -OCH3 is 1. The van der Waals surface area contributed by atoms with E-state index >= 15 is 0 Å². The molecule has 0 unspecified atom stereocenters. The van der Waals surface area contributed by atoms with Crippen molar-refractivity contribution in [1.82, 2.24) is 0 Å². The van der Waals surface area contributed by atoms with Gasteiger partial charge in [-0.05, 0) is 29.8 Å². The van der Waals surface area contributed by atoms with Crippen molar-refractivity contribution in [2.75, 3.05) is 19.0 Å². The lowest BCUT2D eigenvalue weighted by Gasteiger charge is -2.09. The topological polar surface area (TPSA) is 108 Å². The van der Waals surface area contributed by atoms with Crippen molar-refractivity contribution in [3.8, 4) is 5.75 Å². The molecule has 0 radical (unpaired) electrons. The predicted octanol–water partition coefficient (Wildman–Crippen LogP) is 1.52. The van der Waals surface area contributed by atoms with Crippen LogP contribution in [0.5, 0.6) is 5.75 Å². The number of primary amides is 1. The highest BCUT2D eigenvalue weighted by molar-refractivity contribution is 6.03. The van der Waals surface area contributed by atoms with E-state index in [-0.39, 0.29) is 17.7 Å². The SMILES string of the molecule is COc1ccc(CC(=O)OCC(=O)Nc2ccccc2C(N)=O)cc1. The molecule has 0 bridgehead atoms. The van der Waals surface area contributed by atoms with E-state index in [2.05, 4.69) is 5.32 Å². The average molecular weight is 342 g/mol. The number of para-hydroxylation sites is 1. The van der Waals surface area contributed by atoms with Crippen molar-refractivity contribution in [3.63, 3.8) is 0 Å². The smallest absolute Gasteiger partial charge is 0.310 e. The molecule has 0 saturated carbocycles. The first kappa shape index (κ1) is 18.0. The molecule has 2 aromatic carbocycles. The van der Waals surface area contributed by atoms with Gasteiger partial charge in [0.05, 0.1) is 24.8 Å². The molecular formula is C18H18N2O5. The second-order valence-electron chi connectivity index (χ2n) is 5.14. The van der Waals surface area contributed by atoms with Crippen LogP contribution in [0.3, 0.4) is 0 Å². The summed E-state index contributed by atoms with van der Waals surface area (Å²) in [5, 5.41) is 2.49. The first-order chi connectivity index (χ1) is 12.0. The lowest BCUT2D eigenvalue weighted by Crippen LogP contribution is -2.23. The Morgan fingerprint density at radius 2 is 1.72 bits per heavy atom. The summed E-state index contributed by atoms with van der Waals surface area (Å²) in [5.74, 6) is -1.07. The molecule has 7 heteroatoms. The van der Waals surface area contributed by atoms with E-state index in [0.29, 0.717) is 5.75 Å². The van der Waals surface area contributed by atoms with Crippen LogP contribution in [-0.2, 0) is 20.7 Å². The van der Waals surface area contributed by atoms with Crippen LogP contribution >= 0.6 is 0 Å². The third kappa shape index (κ3) is 5.35. The van der Waals surface area contributed by atoms with Gasteiger partial charge in [0, 0.05) is 0 Å². The fraction of sp³-hybridized carbons (Fsp3) is 0.167. The van der Waals surface area contributed by atoms with Crippen LogP contribution in [0.4, 0.5) is 5.69 Å². The number of nitrogens with one attached hydrogen (secondary N) is 1. The summed E-state index contributed by atoms with van der Waals surface area (Å²) in [5.41, 5.74) is 6.43. The summed E-state index contributed by atoms with van der Waals surface area (Å²) in [4.78, 5) is 35.0. The molecule has 2 aromatic rings. The van der Waals surface area contributed by atoms with Crippen LogP contribution < -0.4 is 15.8 Å². The van der Waals surface area contributed by atoms with Crippen molar-refractivity contribution in [3.05, 3.63) is 59.7 Å². The number of rotatable bonds is 7. The lowest BCUT2D eigenvalue weighted by atomic mass is 10.1. The number of esters is 1. The van der Waals surface area contributed by atoms with E-state index < -0.39 is 24.4 Å². The second-order valence-corrected chi connectivity index (χ2v) is 5.14. The highest BCUT2D eigenvalue weighted by Gasteiger charge is 2.12. The zero-order chi connectivity index (χ0) is 18.2. The fourth-order valence-electron chi connectivity index (χ4n) is 2.10. The van der Waals surface area contributed by atoms with Gasteiger partial charge in [-0.15, -0.1) is 0 Å². The van der Waals surface area contributed by atoms with Crippen LogP contribution in [0.25, 0.3) is 0 Å². The van der Waals surface area contributed by atoms with E-state index in [1.807, 2.05) is 0 Å². The van der Waals surface area contributed by atoms with Gasteiger partial charge in [0.25, 0.3) is 11.8 Å². The molecule has 0 saturated heterocycles. The Morgan fingerprint density at radius 3 is 2.36 bits per heavy atom. The summed E-state index contributed by atoms with van der Waals surface area (Å²) in [6.07, 6.45) is 0.0369. The van der Waals surface area contributed by atoms with Crippen LogP contribution in [0, 0.1) is 0 Å². The normalized spacial score (nSPS) is 9.96. The van der Waals surface area contributed by atoms with Crippen molar-refractivity contribution in [2.45, 2.75) is 6.42 Å². The number of carbonyl (C=O) groups is 3. The van der Waals surface area contributed by atoms with Gasteiger partial charge in [-0.25, -0.2) is 0 Å². The van der Waals surface area contributed by atoms with Crippen LogP contribution in [0.1, 0.15) is 15.9 Å². The molecule has 3 N–H and O–H groups in total. The third-order valence-corrected chi connectivity index (χ3v) is 3.34. The summed E-state index contributed by atoms with van der Waals surface area (Å²) in [7, 11) is 1.55. The quantitative estimate of drug-likeness (QED) is 0.742. The van der Waals surface area contributed by atoms with Crippen molar-refractivity contribution in [2.24, 2.45) is 5.73 Å². The first-order valence-corrected chi connectivity index (χ1v) is 7.47. The maximum atomic E-state index is 11.9. The molecule has 0 aliphatic rings. The molecule has 7 nitrogen and oxygen atoms in total. The van der Waals surface area contributed by atoms with Gasteiger partial charge in [-0.3, -0.25) is 14.4 Å². The number of benzene rings is 2. The van der Waals surface area contributed by atoms with Crippen molar-refractivity contribution < 1.29 is 23.9 Å². The second kappa shape index (κ2) is 8.49. The number of ether oxygens (including phenoxy) is 2. The van der Waals surface area contributed by atoms with Crippen molar-refractivity contribution >= 4 is 23.5 Å². The largest absolute Gasteiger partial charge is 0.497 e. The highest BCUT2D eigenvalue weighted by Crippen LogP contribution is 2.14. The van der Waals surface area contributed by atoms with Gasteiger partial charge in [-0.2, -0.15) is 0 Å². The van der Waals surface area contributed by atoms with E-state index in [1.165, 1.54) is 12.1 Å². The Morgan fingerprint density at radius 1 is 1.04 bits per heavy atom. The summed E-state index contributed by atoms with van der Waals surface area (Å²) in [6.45, 7) is -0.456. The minimum atomic E-state index is -0.660. The van der Waals surface area contributed by atoms with Crippen LogP contribution in [-0.4, -0.2) is 31.5 Å². The zero-order valence-corrected chi connectivity index (χ0v) is 13.7. The molecule has 0 aromatic heterocycles. The molecular weight excluding hydrogens is 324 g/mol. The van der Waals surface area contributed by atoms with Gasteiger partial charge in [-0.1, -0.05) is 24.3 Å². The van der Waals surface area contributed by atoms with E-state index in [0.717, 1.165) is 5.56 Å². The number of hydrogen-bond donors (Lipinski definition) is 2. The Labute approximate surface area is 144 Å². The zero-order valence-electron chi connectivity index (χ0n) is 13.7. The van der Waals surface area contributed by atoms with E-state index in [9.17, 15) is 14.4 Å². The first-order valence-electron chi connectivity index (χ1n) is 7.47. The number of nitrogens with two attached hydrogens (primary N) is 1. The summed E-state index contributed by atoms with van der Waals surface area (Å²) in [6, 6.07) is 13.3. The van der Waals surface area contributed by atoms with Gasteiger partial charge < -0.3 is 20.5 Å². The predicted molar refractivity (Wildman–Crippen MR) is 91.2 cm³/mol. The Kier molecular flexibility index (Phi) is 6.11. The molecule has 0 aliphatic carbocycles. The monoisotopic (exact) mass is 342 g/mol. The van der Waals surface area contributed by atoms with Crippen LogP contribution in [0.2, 0.25) is 0 Å². The number of amides is 2. The fourth-order valence-corrected chi connectivity index (χ4v) is 2.10.